The summed E-state index contributed by atoms with van der Waals surface area (Å²) in [5.74, 6) is -0.141. The minimum Gasteiger partial charge on any atom is -0.351 e. The summed E-state index contributed by atoms with van der Waals surface area (Å²) in [6.45, 7) is 7.76. The number of carbonyl (C=O) groups is 2. The molecule has 6 nitrogen and oxygen atoms in total. The summed E-state index contributed by atoms with van der Waals surface area (Å²) in [4.78, 5) is 35.2. The zero-order valence-electron chi connectivity index (χ0n) is 16.9. The average Bonchev–Trinajstić information content (AvgIpc) is 3.18. The van der Waals surface area contributed by atoms with Gasteiger partial charge in [0, 0.05) is 35.8 Å². The van der Waals surface area contributed by atoms with Gasteiger partial charge in [-0.3, -0.25) is 9.59 Å². The molecule has 1 fully saturated rings. The van der Waals surface area contributed by atoms with Crippen molar-refractivity contribution in [1.29, 1.82) is 0 Å². The van der Waals surface area contributed by atoms with Crippen LogP contribution in [0.4, 0.5) is 5.69 Å². The molecular weight excluding hydrogens is 384 g/mol. The van der Waals surface area contributed by atoms with Crippen molar-refractivity contribution >= 4 is 29.3 Å². The van der Waals surface area contributed by atoms with Crippen LogP contribution in [-0.2, 0) is 0 Å². The Labute approximate surface area is 175 Å². The van der Waals surface area contributed by atoms with Crippen LogP contribution in [0.15, 0.2) is 46.5 Å². The predicted molar refractivity (Wildman–Crippen MR) is 115 cm³/mol. The summed E-state index contributed by atoms with van der Waals surface area (Å²) in [7, 11) is 0. The van der Waals surface area contributed by atoms with Gasteiger partial charge in [-0.1, -0.05) is 11.8 Å². The molecule has 1 saturated heterocycles. The lowest BCUT2D eigenvalue weighted by Gasteiger charge is -2.27. The maximum Gasteiger partial charge on any atom is 0.261 e. The van der Waals surface area contributed by atoms with E-state index in [2.05, 4.69) is 15.2 Å². The van der Waals surface area contributed by atoms with E-state index in [0.717, 1.165) is 30.2 Å². The number of benzene rings is 1. The van der Waals surface area contributed by atoms with Crippen molar-refractivity contribution in [1.82, 2.24) is 15.2 Å². The number of pyridine rings is 1. The molecule has 0 bridgehead atoms. The Kier molecular flexibility index (Phi) is 5.87. The molecule has 2 aromatic rings. The highest BCUT2D eigenvalue weighted by molar-refractivity contribution is 7.99. The maximum atomic E-state index is 13.1. The van der Waals surface area contributed by atoms with Crippen LogP contribution in [0.1, 0.15) is 47.4 Å². The fourth-order valence-corrected chi connectivity index (χ4v) is 4.91. The van der Waals surface area contributed by atoms with Gasteiger partial charge in [0.25, 0.3) is 11.8 Å². The minimum atomic E-state index is -0.0829. The summed E-state index contributed by atoms with van der Waals surface area (Å²) in [5, 5.41) is 3.70. The first kappa shape index (κ1) is 19.9. The minimum absolute atomic E-state index is 0.00635. The number of hydrogen-bond donors (Lipinski definition) is 1. The number of likely N-dealkylation sites (tertiary alicyclic amines) is 1. The molecule has 3 heterocycles. The van der Waals surface area contributed by atoms with Crippen molar-refractivity contribution in [3.8, 4) is 0 Å². The average molecular weight is 411 g/mol. The van der Waals surface area contributed by atoms with Gasteiger partial charge in [-0.05, 0) is 70.1 Å². The zero-order valence-corrected chi connectivity index (χ0v) is 17.7. The molecule has 2 aliphatic rings. The molecule has 2 aliphatic heterocycles. The lowest BCUT2D eigenvalue weighted by Crippen LogP contribution is -2.37. The Morgan fingerprint density at radius 2 is 2.03 bits per heavy atom. The van der Waals surface area contributed by atoms with Gasteiger partial charge < -0.3 is 15.1 Å². The summed E-state index contributed by atoms with van der Waals surface area (Å²) >= 11 is 1.44. The molecule has 0 aliphatic carbocycles. The van der Waals surface area contributed by atoms with Gasteiger partial charge in [0.05, 0.1) is 11.3 Å². The van der Waals surface area contributed by atoms with E-state index in [0.29, 0.717) is 22.7 Å². The molecule has 2 amide bonds. The standard InChI is InChI=1S/C22H26N4O2S/c1-15(2)26-18-8-7-16(20(27)23-10-13-25-11-3-4-12-25)14-19(18)29-21-17(22(26)28)6-5-9-24-21/h5-9,14-15H,3-4,10-13H2,1-2H3,(H,23,27). The summed E-state index contributed by atoms with van der Waals surface area (Å²) in [5.41, 5.74) is 2.02. The number of rotatable bonds is 5. The second-order valence-electron chi connectivity index (χ2n) is 7.71. The molecule has 1 aromatic heterocycles. The molecule has 1 N–H and O–H groups in total. The molecule has 0 atom stereocenters. The van der Waals surface area contributed by atoms with E-state index >= 15 is 0 Å². The highest BCUT2D eigenvalue weighted by atomic mass is 32.2. The lowest BCUT2D eigenvalue weighted by molar-refractivity contribution is 0.0948. The van der Waals surface area contributed by atoms with Crippen molar-refractivity contribution in [2.24, 2.45) is 0 Å². The molecule has 1 aromatic carbocycles. The maximum absolute atomic E-state index is 13.1. The zero-order chi connectivity index (χ0) is 20.4. The predicted octanol–water partition coefficient (Wildman–Crippen LogP) is 3.43. The van der Waals surface area contributed by atoms with Gasteiger partial charge in [-0.25, -0.2) is 4.98 Å². The van der Waals surface area contributed by atoms with Crippen LogP contribution in [-0.4, -0.2) is 53.9 Å². The van der Waals surface area contributed by atoms with Crippen LogP contribution < -0.4 is 10.2 Å². The quantitative estimate of drug-likeness (QED) is 0.818. The van der Waals surface area contributed by atoms with Crippen molar-refractivity contribution in [2.75, 3.05) is 31.1 Å². The van der Waals surface area contributed by atoms with Gasteiger partial charge >= 0.3 is 0 Å². The van der Waals surface area contributed by atoms with Crippen LogP contribution >= 0.6 is 11.8 Å². The fourth-order valence-electron chi connectivity index (χ4n) is 3.86. The summed E-state index contributed by atoms with van der Waals surface area (Å²) < 4.78 is 0. The number of nitrogens with zero attached hydrogens (tertiary/aromatic N) is 3. The van der Waals surface area contributed by atoms with E-state index in [4.69, 9.17) is 0 Å². The molecule has 29 heavy (non-hydrogen) atoms. The van der Waals surface area contributed by atoms with E-state index < -0.39 is 0 Å². The van der Waals surface area contributed by atoms with Crippen molar-refractivity contribution in [2.45, 2.75) is 42.7 Å². The third kappa shape index (κ3) is 4.16. The number of amides is 2. The van der Waals surface area contributed by atoms with Crippen molar-refractivity contribution < 1.29 is 9.59 Å². The van der Waals surface area contributed by atoms with E-state index in [9.17, 15) is 9.59 Å². The Balaban J connectivity index is 1.57. The highest BCUT2D eigenvalue weighted by Gasteiger charge is 2.30. The lowest BCUT2D eigenvalue weighted by atomic mass is 10.1. The number of aromatic nitrogens is 1. The normalized spacial score (nSPS) is 16.5. The van der Waals surface area contributed by atoms with Gasteiger partial charge in [-0.2, -0.15) is 0 Å². The number of carbonyl (C=O) groups excluding carboxylic acids is 2. The molecule has 0 unspecified atom stereocenters. The molecule has 7 heteroatoms. The van der Waals surface area contributed by atoms with Crippen LogP contribution in [0.5, 0.6) is 0 Å². The Morgan fingerprint density at radius 3 is 2.79 bits per heavy atom. The van der Waals surface area contributed by atoms with Crippen LogP contribution in [0.2, 0.25) is 0 Å². The van der Waals surface area contributed by atoms with Crippen LogP contribution in [0.25, 0.3) is 0 Å². The Morgan fingerprint density at radius 1 is 1.24 bits per heavy atom. The van der Waals surface area contributed by atoms with Gasteiger partial charge in [0.1, 0.15) is 5.03 Å². The number of fused-ring (bicyclic) bond motifs is 2. The fraction of sp³-hybridized carbons (Fsp3) is 0.409. The van der Waals surface area contributed by atoms with Crippen LogP contribution in [0, 0.1) is 0 Å². The van der Waals surface area contributed by atoms with E-state index in [1.165, 1.54) is 24.6 Å². The topological polar surface area (TPSA) is 65.5 Å². The molecule has 0 radical (unpaired) electrons. The largest absolute Gasteiger partial charge is 0.351 e. The molecule has 0 spiro atoms. The van der Waals surface area contributed by atoms with Gasteiger partial charge in [0.2, 0.25) is 0 Å². The molecule has 152 valence electrons. The van der Waals surface area contributed by atoms with E-state index in [-0.39, 0.29) is 17.9 Å². The third-order valence-corrected chi connectivity index (χ3v) is 6.40. The van der Waals surface area contributed by atoms with Crippen molar-refractivity contribution in [3.63, 3.8) is 0 Å². The molecular formula is C22H26N4O2S. The number of anilines is 1. The first-order chi connectivity index (χ1) is 14.0. The third-order valence-electron chi connectivity index (χ3n) is 5.34. The number of hydrogen-bond acceptors (Lipinski definition) is 5. The van der Waals surface area contributed by atoms with Crippen molar-refractivity contribution in [3.05, 3.63) is 47.7 Å². The Hall–Kier alpha value is -2.38. The monoisotopic (exact) mass is 410 g/mol. The first-order valence-electron chi connectivity index (χ1n) is 10.2. The summed E-state index contributed by atoms with van der Waals surface area (Å²) in [6.07, 6.45) is 4.19. The van der Waals surface area contributed by atoms with Crippen LogP contribution in [0.3, 0.4) is 0 Å². The second kappa shape index (κ2) is 8.55. The highest BCUT2D eigenvalue weighted by Crippen LogP contribution is 2.41. The number of nitrogens with one attached hydrogen (secondary N) is 1. The molecule has 4 rings (SSSR count). The smallest absolute Gasteiger partial charge is 0.261 e. The molecule has 0 saturated carbocycles. The van der Waals surface area contributed by atoms with E-state index in [1.807, 2.05) is 32.0 Å². The second-order valence-corrected chi connectivity index (χ2v) is 8.74. The SMILES string of the molecule is CC(C)N1C(=O)c2cccnc2Sc2cc(C(=O)NCCN3CCCC3)ccc21. The first-order valence-corrected chi connectivity index (χ1v) is 11.0. The van der Waals surface area contributed by atoms with Gasteiger partial charge in [-0.15, -0.1) is 0 Å². The summed E-state index contributed by atoms with van der Waals surface area (Å²) in [6, 6.07) is 9.14. The van der Waals surface area contributed by atoms with Gasteiger partial charge in [0.15, 0.2) is 0 Å². The van der Waals surface area contributed by atoms with E-state index in [1.54, 1.807) is 23.2 Å². The Bertz CT molecular complexity index is 925.